The lowest BCUT2D eigenvalue weighted by Crippen LogP contribution is -3.00. The molecule has 0 rings (SSSR count). The molecule has 0 amide bonds. The van der Waals surface area contributed by atoms with Crippen molar-refractivity contribution < 1.29 is 38.8 Å². The van der Waals surface area contributed by atoms with Gasteiger partial charge in [0, 0.05) is 6.08 Å². The molecular weight excluding hydrogens is 239 g/mol. The summed E-state index contributed by atoms with van der Waals surface area (Å²) >= 11 is 0. The van der Waals surface area contributed by atoms with Crippen molar-refractivity contribution in [3.63, 3.8) is 0 Å². The average molecular weight is 261 g/mol. The fraction of sp³-hybridized carbons (Fsp3) is 0.667. The van der Waals surface area contributed by atoms with Crippen LogP contribution in [0.3, 0.4) is 0 Å². The summed E-state index contributed by atoms with van der Waals surface area (Å²) in [6, 6.07) is 0. The van der Waals surface area contributed by atoms with E-state index in [1.54, 1.807) is 0 Å². The highest BCUT2D eigenvalue weighted by molar-refractivity contribution is 5.81. The maximum Gasteiger partial charge on any atom is 0.330 e. The summed E-state index contributed by atoms with van der Waals surface area (Å²) in [7, 11) is 4.20. The number of hydrogen-bond acceptors (Lipinski definition) is 2. The van der Waals surface area contributed by atoms with E-state index in [9.17, 15) is 4.79 Å². The zero-order valence-corrected chi connectivity index (χ0v) is 11.4. The summed E-state index contributed by atoms with van der Waals surface area (Å²) in [6.07, 6.45) is 1.19. The normalized spacial score (nSPS) is 8.73. The zero-order valence-electron chi connectivity index (χ0n) is 9.93. The third kappa shape index (κ3) is 13.7. The van der Waals surface area contributed by atoms with Crippen molar-refractivity contribution in [3.05, 3.63) is 12.7 Å². The lowest BCUT2D eigenvalue weighted by atomic mass is 10.4. The molecule has 0 aliphatic rings. The quantitative estimate of drug-likeness (QED) is 0.307. The van der Waals surface area contributed by atoms with Gasteiger partial charge in [0.05, 0.1) is 20.6 Å². The first-order chi connectivity index (χ1) is 5.52. The van der Waals surface area contributed by atoms with Gasteiger partial charge in [-0.1, -0.05) is 6.58 Å². The molecule has 4 nitrogen and oxygen atoms in total. The van der Waals surface area contributed by atoms with Gasteiger partial charge in [-0.25, -0.2) is 4.79 Å². The summed E-state index contributed by atoms with van der Waals surface area (Å²) in [5, 5.41) is 0. The van der Waals surface area contributed by atoms with Gasteiger partial charge in [-0.15, -0.1) is 0 Å². The number of carbonyl (C=O) groups excluding carboxylic acids is 1. The molecule has 0 saturated carbocycles. The van der Waals surface area contributed by atoms with Gasteiger partial charge in [-0.2, -0.15) is 0 Å². The van der Waals surface area contributed by atoms with Crippen molar-refractivity contribution in [2.75, 3.05) is 33.8 Å². The number of halogens is 2. The molecule has 4 N–H and O–H groups in total. The van der Waals surface area contributed by atoms with Crippen molar-refractivity contribution in [3.8, 4) is 0 Å². The molecular formula is C9H22Cl2N2O2. The summed E-state index contributed by atoms with van der Waals surface area (Å²) in [6.45, 7) is 7.76. The highest BCUT2D eigenvalue weighted by atomic mass is 35.5. The van der Waals surface area contributed by atoms with E-state index >= 15 is 0 Å². The highest BCUT2D eigenvalue weighted by Crippen LogP contribution is 1.95. The molecule has 0 atom stereocenters. The Labute approximate surface area is 105 Å². The number of likely N-dealkylation sites (N-methyl/N-ethyl adjacent to an activating group) is 1. The van der Waals surface area contributed by atoms with Gasteiger partial charge in [0.15, 0.2) is 0 Å². The van der Waals surface area contributed by atoms with Crippen LogP contribution in [0.2, 0.25) is 0 Å². The third-order valence-corrected chi connectivity index (χ3v) is 1.96. The Kier molecular flexibility index (Phi) is 18.9. The lowest BCUT2D eigenvalue weighted by Gasteiger charge is -2.27. The largest absolute Gasteiger partial charge is 1.00 e. The first-order valence-corrected chi connectivity index (χ1v) is 4.13. The zero-order chi connectivity index (χ0) is 9.61. The second kappa shape index (κ2) is 11.8. The molecule has 0 saturated heterocycles. The van der Waals surface area contributed by atoms with Gasteiger partial charge < -0.3 is 40.2 Å². The van der Waals surface area contributed by atoms with Gasteiger partial charge >= 0.3 is 5.97 Å². The van der Waals surface area contributed by atoms with Crippen LogP contribution in [0.5, 0.6) is 0 Å². The molecule has 0 aliphatic carbocycles. The summed E-state index contributed by atoms with van der Waals surface area (Å²) in [4.78, 5) is 10.6. The molecule has 15 heavy (non-hydrogen) atoms. The molecule has 0 heterocycles. The number of rotatable bonds is 5. The average Bonchev–Trinajstić information content (AvgIpc) is 2.04. The molecule has 0 aromatic rings. The van der Waals surface area contributed by atoms with Crippen LogP contribution in [0, 0.1) is 0 Å². The number of ether oxygens (including phenoxy) is 1. The Balaban J connectivity index is -0.000000202. The van der Waals surface area contributed by atoms with Crippen LogP contribution in [0.4, 0.5) is 0 Å². The van der Waals surface area contributed by atoms with Gasteiger partial charge in [0.1, 0.15) is 13.2 Å². The van der Waals surface area contributed by atoms with E-state index in [1.807, 2.05) is 0 Å². The van der Waals surface area contributed by atoms with Gasteiger partial charge in [0.2, 0.25) is 0 Å². The minimum Gasteiger partial charge on any atom is -1.00 e. The molecule has 0 bridgehead atoms. The van der Waals surface area contributed by atoms with Crippen LogP contribution < -0.4 is 31.0 Å². The van der Waals surface area contributed by atoms with E-state index in [2.05, 4.69) is 27.6 Å². The van der Waals surface area contributed by atoms with Crippen molar-refractivity contribution in [1.82, 2.24) is 6.15 Å². The van der Waals surface area contributed by atoms with Crippen LogP contribution in [0.25, 0.3) is 0 Å². The highest BCUT2D eigenvalue weighted by Gasteiger charge is 2.11. The number of quaternary nitrogens is 2. The maximum atomic E-state index is 10.6. The fourth-order valence-corrected chi connectivity index (χ4v) is 0.610. The molecule has 0 radical (unpaired) electrons. The molecule has 0 fully saturated rings. The van der Waals surface area contributed by atoms with E-state index < -0.39 is 0 Å². The predicted octanol–water partition coefficient (Wildman–Crippen LogP) is -4.80. The second-order valence-electron chi connectivity index (χ2n) is 3.35. The first-order valence-electron chi connectivity index (χ1n) is 4.13. The van der Waals surface area contributed by atoms with Gasteiger partial charge in [-0.05, 0) is 6.92 Å². The van der Waals surface area contributed by atoms with Crippen LogP contribution in [0.1, 0.15) is 6.92 Å². The van der Waals surface area contributed by atoms with Gasteiger partial charge in [0.25, 0.3) is 0 Å². The van der Waals surface area contributed by atoms with Crippen LogP contribution >= 0.6 is 0 Å². The van der Waals surface area contributed by atoms with Crippen LogP contribution in [-0.4, -0.2) is 44.2 Å². The third-order valence-electron chi connectivity index (χ3n) is 1.96. The monoisotopic (exact) mass is 260 g/mol. The lowest BCUT2D eigenvalue weighted by molar-refractivity contribution is -0.888. The Morgan fingerprint density at radius 2 is 1.87 bits per heavy atom. The molecule has 0 aromatic carbocycles. The molecule has 0 unspecified atom stereocenters. The predicted molar refractivity (Wildman–Crippen MR) is 54.7 cm³/mol. The van der Waals surface area contributed by atoms with Crippen molar-refractivity contribution >= 4 is 5.97 Å². The van der Waals surface area contributed by atoms with E-state index in [0.29, 0.717) is 6.61 Å². The van der Waals surface area contributed by atoms with Crippen molar-refractivity contribution in [2.45, 2.75) is 6.92 Å². The van der Waals surface area contributed by atoms with Crippen LogP contribution in [-0.2, 0) is 9.53 Å². The van der Waals surface area contributed by atoms with E-state index in [-0.39, 0.29) is 36.9 Å². The Bertz CT molecular complexity index is 175. The smallest absolute Gasteiger partial charge is 0.330 e. The Morgan fingerprint density at radius 3 is 2.20 bits per heavy atom. The standard InChI is InChI=1S/C9H18NO2.2ClH.H3N/c1-5-9(11)12-8-7-10(3,4)6-2;;;/h5H,1,6-8H2,2-4H3;2*1H;1H3/q+1;;;/p-1. The Hall–Kier alpha value is -0.290. The van der Waals surface area contributed by atoms with E-state index in [1.165, 1.54) is 6.08 Å². The molecule has 6 heteroatoms. The summed E-state index contributed by atoms with van der Waals surface area (Å²) < 4.78 is 5.72. The molecule has 0 aromatic heterocycles. The van der Waals surface area contributed by atoms with Crippen LogP contribution in [0.15, 0.2) is 12.7 Å². The summed E-state index contributed by atoms with van der Waals surface area (Å²) in [5.74, 6) is -0.342. The fourth-order valence-electron chi connectivity index (χ4n) is 0.610. The molecule has 0 spiro atoms. The molecule has 94 valence electrons. The van der Waals surface area contributed by atoms with Crippen molar-refractivity contribution in [1.29, 1.82) is 0 Å². The first kappa shape index (κ1) is 24.1. The number of hydrogen-bond donors (Lipinski definition) is 1. The second-order valence-corrected chi connectivity index (χ2v) is 3.35. The maximum absolute atomic E-state index is 10.6. The SMILES string of the molecule is C=CC(=O)OCC[N+](C)(C)CC.[Cl-].[Cl-].[NH4+]. The Morgan fingerprint density at radius 1 is 1.40 bits per heavy atom. The minimum absolute atomic E-state index is 0. The topological polar surface area (TPSA) is 62.8 Å². The van der Waals surface area contributed by atoms with Gasteiger partial charge in [-0.3, -0.25) is 0 Å². The number of nitrogens with zero attached hydrogens (tertiary/aromatic N) is 1. The molecule has 0 aliphatic heterocycles. The van der Waals surface area contributed by atoms with E-state index in [0.717, 1.165) is 17.6 Å². The van der Waals surface area contributed by atoms with Crippen molar-refractivity contribution in [2.24, 2.45) is 0 Å². The number of esters is 1. The summed E-state index contributed by atoms with van der Waals surface area (Å²) in [5.41, 5.74) is 0. The van der Waals surface area contributed by atoms with E-state index in [4.69, 9.17) is 4.74 Å². The number of carbonyl (C=O) groups is 1. The minimum atomic E-state index is -0.342.